The maximum Gasteiger partial charge on any atom is 0.359 e. The lowest BCUT2D eigenvalue weighted by molar-refractivity contribution is 0.168. The Balaban J connectivity index is 1.12. The molecule has 2 aliphatic heterocycles. The fourth-order valence-corrected chi connectivity index (χ4v) is 8.01. The molecule has 4 heterocycles. The number of hydrogen-bond donors (Lipinski definition) is 2. The van der Waals surface area contributed by atoms with Gasteiger partial charge in [0.2, 0.25) is 0 Å². The Hall–Kier alpha value is -4.16. The van der Waals surface area contributed by atoms with E-state index in [0.29, 0.717) is 35.9 Å². The van der Waals surface area contributed by atoms with Crippen LogP contribution < -0.4 is 15.0 Å². The number of aryl methyl sites for hydroxylation is 1. The number of amidine groups is 1. The Morgan fingerprint density at radius 2 is 1.88 bits per heavy atom. The average molecular weight is 618 g/mol. The monoisotopic (exact) mass is 617 g/mol. The summed E-state index contributed by atoms with van der Waals surface area (Å²) < 4.78 is 12.7. The number of aliphatic imine (C=N–C) groups is 1. The van der Waals surface area contributed by atoms with Crippen LogP contribution in [0.4, 0.5) is 21.6 Å². The maximum atomic E-state index is 13.3. The zero-order valence-electron chi connectivity index (χ0n) is 24.4. The summed E-state index contributed by atoms with van der Waals surface area (Å²) >= 11 is 1.57. The van der Waals surface area contributed by atoms with Crippen LogP contribution in [0.2, 0.25) is 0 Å². The van der Waals surface area contributed by atoms with Gasteiger partial charge < -0.3 is 24.6 Å². The van der Waals surface area contributed by atoms with E-state index in [2.05, 4.69) is 25.4 Å². The van der Waals surface area contributed by atoms with Crippen LogP contribution in [0.25, 0.3) is 10.2 Å². The third-order valence-electron chi connectivity index (χ3n) is 7.48. The predicted molar refractivity (Wildman–Crippen MR) is 176 cm³/mol. The number of carbonyl (C=O) groups excluding carboxylic acids is 1. The van der Waals surface area contributed by atoms with Crippen molar-refractivity contribution in [2.75, 3.05) is 43.6 Å². The van der Waals surface area contributed by atoms with E-state index >= 15 is 0 Å². The largest absolute Gasteiger partial charge is 0.493 e. The van der Waals surface area contributed by atoms with Gasteiger partial charge in [-0.1, -0.05) is 52.6 Å². The van der Waals surface area contributed by atoms with Crippen molar-refractivity contribution in [1.82, 2.24) is 20.1 Å². The van der Waals surface area contributed by atoms with Gasteiger partial charge >= 0.3 is 5.30 Å². The molecule has 6 rings (SSSR count). The molecule has 0 aliphatic carbocycles. The van der Waals surface area contributed by atoms with Crippen LogP contribution in [0.3, 0.4) is 0 Å². The summed E-state index contributed by atoms with van der Waals surface area (Å²) in [5.74, 6) is 2.60. The van der Waals surface area contributed by atoms with Crippen LogP contribution in [-0.2, 0) is 4.74 Å². The fraction of sp³-hybridized carbons (Fsp3) is 0.323. The SMILES string of the molecule is CCOC(=O)[SH]1C(N2CCC(COc3ccccc3)CC2)=CN=C1N(C)c1cc(C)c(Nc2nc3ccccc3s2)nn1. The molecule has 1 N–H and O–H groups in total. The minimum Gasteiger partial charge on any atom is -0.493 e. The van der Waals surface area contributed by atoms with Crippen LogP contribution in [-0.4, -0.2) is 63.9 Å². The van der Waals surface area contributed by atoms with Crippen molar-refractivity contribution in [2.45, 2.75) is 26.7 Å². The van der Waals surface area contributed by atoms with Gasteiger partial charge in [0, 0.05) is 20.1 Å². The van der Waals surface area contributed by atoms with Crippen LogP contribution in [0.1, 0.15) is 25.3 Å². The quantitative estimate of drug-likeness (QED) is 0.165. The van der Waals surface area contributed by atoms with Gasteiger partial charge in [-0.3, -0.25) is 0 Å². The topological polar surface area (TPSA) is 105 Å². The van der Waals surface area contributed by atoms with E-state index in [1.807, 2.05) is 92.7 Å². The van der Waals surface area contributed by atoms with E-state index in [-0.39, 0.29) is 5.30 Å². The van der Waals surface area contributed by atoms with Crippen LogP contribution >= 0.6 is 22.2 Å². The van der Waals surface area contributed by atoms with Gasteiger partial charge in [-0.05, 0) is 68.5 Å². The summed E-state index contributed by atoms with van der Waals surface area (Å²) in [6.07, 6.45) is 3.79. The van der Waals surface area contributed by atoms with E-state index in [4.69, 9.17) is 14.5 Å². The zero-order valence-corrected chi connectivity index (χ0v) is 26.1. The van der Waals surface area contributed by atoms with E-state index in [9.17, 15) is 4.79 Å². The number of rotatable bonds is 8. The van der Waals surface area contributed by atoms with Gasteiger partial charge in [-0.15, -0.1) is 10.2 Å². The molecule has 0 radical (unpaired) electrons. The summed E-state index contributed by atoms with van der Waals surface area (Å²) in [7, 11) is 0.403. The van der Waals surface area contributed by atoms with Crippen LogP contribution in [0.15, 0.2) is 76.9 Å². The Kier molecular flexibility index (Phi) is 8.75. The van der Waals surface area contributed by atoms with Crippen molar-refractivity contribution in [2.24, 2.45) is 10.9 Å². The molecular formula is C31H35N7O3S2. The molecule has 0 bridgehead atoms. The summed E-state index contributed by atoms with van der Waals surface area (Å²) in [6.45, 7) is 6.48. The first kappa shape index (κ1) is 28.9. The number of benzene rings is 2. The van der Waals surface area contributed by atoms with Gasteiger partial charge in [0.15, 0.2) is 21.9 Å². The standard InChI is InChI=1S/C31H35N7O3S2/c1-4-40-31(39)43-27(38-16-14-22(15-17-38)20-41-23-10-6-5-7-11-23)19-32-30(43)37(3)26-18-21(2)28(36-35-26)34-29-33-24-12-8-9-13-25(24)42-29/h5-13,18-19,22,43H,4,14-17,20H2,1-3H3,(H,33,34,36). The Bertz CT molecular complexity index is 1620. The molecular weight excluding hydrogens is 583 g/mol. The van der Waals surface area contributed by atoms with Crippen molar-refractivity contribution in [3.05, 3.63) is 77.5 Å². The lowest BCUT2D eigenvalue weighted by Crippen LogP contribution is -2.37. The molecule has 224 valence electrons. The first-order valence-corrected chi connectivity index (χ1v) is 16.5. The first-order chi connectivity index (χ1) is 21.0. The highest BCUT2D eigenvalue weighted by Crippen LogP contribution is 2.47. The molecule has 2 aliphatic rings. The van der Waals surface area contributed by atoms with Crippen molar-refractivity contribution >= 4 is 59.7 Å². The second-order valence-corrected chi connectivity index (χ2v) is 13.3. The molecule has 4 aromatic rings. The molecule has 43 heavy (non-hydrogen) atoms. The van der Waals surface area contributed by atoms with Crippen LogP contribution in [0.5, 0.6) is 5.75 Å². The zero-order chi connectivity index (χ0) is 29.8. The molecule has 1 saturated heterocycles. The fourth-order valence-electron chi connectivity index (χ4n) is 5.10. The van der Waals surface area contributed by atoms with Gasteiger partial charge in [-0.2, -0.15) is 0 Å². The molecule has 10 nitrogen and oxygen atoms in total. The molecule has 2 aromatic carbocycles. The number of nitrogens with one attached hydrogen (secondary N) is 1. The normalized spacial score (nSPS) is 17.8. The summed E-state index contributed by atoms with van der Waals surface area (Å²) in [4.78, 5) is 26.9. The number of fused-ring (bicyclic) bond motifs is 1. The third-order valence-corrected chi connectivity index (χ3v) is 10.6. The first-order valence-electron chi connectivity index (χ1n) is 14.4. The van der Waals surface area contributed by atoms with E-state index < -0.39 is 10.9 Å². The average Bonchev–Trinajstić information content (AvgIpc) is 3.66. The number of likely N-dealkylation sites (tertiary alicyclic amines) is 1. The van der Waals surface area contributed by atoms with Gasteiger partial charge in [0.05, 0.1) is 34.7 Å². The number of aromatic nitrogens is 3. The molecule has 0 saturated carbocycles. The predicted octanol–water partition coefficient (Wildman–Crippen LogP) is 6.69. The van der Waals surface area contributed by atoms with Gasteiger partial charge in [0.25, 0.3) is 0 Å². The number of carbonyl (C=O) groups is 1. The highest BCUT2D eigenvalue weighted by atomic mass is 32.2. The van der Waals surface area contributed by atoms with Crippen LogP contribution in [0, 0.1) is 12.8 Å². The van der Waals surface area contributed by atoms with Crippen molar-refractivity contribution in [1.29, 1.82) is 0 Å². The number of nitrogens with zero attached hydrogens (tertiary/aromatic N) is 6. The number of ether oxygens (including phenoxy) is 2. The number of piperidine rings is 1. The summed E-state index contributed by atoms with van der Waals surface area (Å²) in [6, 6.07) is 19.9. The number of para-hydroxylation sites is 2. The number of hydrogen-bond acceptors (Lipinski definition) is 11. The molecule has 0 spiro atoms. The highest BCUT2D eigenvalue weighted by Gasteiger charge is 2.37. The lowest BCUT2D eigenvalue weighted by atomic mass is 9.98. The Labute approximate surface area is 257 Å². The second kappa shape index (κ2) is 13.0. The highest BCUT2D eigenvalue weighted by molar-refractivity contribution is 8.44. The molecule has 1 unspecified atom stereocenters. The lowest BCUT2D eigenvalue weighted by Gasteiger charge is -2.37. The van der Waals surface area contributed by atoms with Crippen molar-refractivity contribution < 1.29 is 14.3 Å². The minimum atomic E-state index is -1.47. The van der Waals surface area contributed by atoms with Crippen molar-refractivity contribution in [3.63, 3.8) is 0 Å². The summed E-state index contributed by atoms with van der Waals surface area (Å²) in [5, 5.41) is 14.3. The molecule has 1 atom stereocenters. The van der Waals surface area contributed by atoms with Gasteiger partial charge in [-0.25, -0.2) is 14.8 Å². The van der Waals surface area contributed by atoms with Crippen molar-refractivity contribution in [3.8, 4) is 5.75 Å². The Morgan fingerprint density at radius 1 is 1.12 bits per heavy atom. The molecule has 0 amide bonds. The third kappa shape index (κ3) is 6.45. The van der Waals surface area contributed by atoms with E-state index in [1.165, 1.54) is 0 Å². The second-order valence-electron chi connectivity index (χ2n) is 10.4. The number of anilines is 3. The maximum absolute atomic E-state index is 13.3. The summed E-state index contributed by atoms with van der Waals surface area (Å²) in [5.41, 5.74) is 1.85. The Morgan fingerprint density at radius 3 is 2.63 bits per heavy atom. The van der Waals surface area contributed by atoms with E-state index in [0.717, 1.165) is 57.6 Å². The number of thiazole rings is 1. The smallest absolute Gasteiger partial charge is 0.359 e. The molecule has 1 fully saturated rings. The molecule has 2 aromatic heterocycles. The van der Waals surface area contributed by atoms with E-state index in [1.54, 1.807) is 11.3 Å². The van der Waals surface area contributed by atoms with Gasteiger partial charge in [0.1, 0.15) is 5.75 Å². The molecule has 12 heteroatoms. The minimum absolute atomic E-state index is 0.250. The number of thiol groups is 1.